The molecule has 0 heterocycles. The number of nitrogens with zero attached hydrogens (tertiary/aromatic N) is 1. The zero-order chi connectivity index (χ0) is 13.9. The highest BCUT2D eigenvalue weighted by Crippen LogP contribution is 2.30. The van der Waals surface area contributed by atoms with Gasteiger partial charge in [-0.05, 0) is 45.1 Å². The van der Waals surface area contributed by atoms with Gasteiger partial charge in [-0.15, -0.1) is 0 Å². The van der Waals surface area contributed by atoms with E-state index in [0.717, 1.165) is 25.2 Å². The zero-order valence-corrected chi connectivity index (χ0v) is 11.5. The molecule has 0 aromatic heterocycles. The van der Waals surface area contributed by atoms with Crippen molar-refractivity contribution in [3.8, 4) is 0 Å². The standard InChI is InChI=1S/C14H22F2N2/c1-5-18(6-2)14(3,4)13(17)11-9-10(15)7-8-12(11)16/h7-9,13H,5-6,17H2,1-4H3. The lowest BCUT2D eigenvalue weighted by Gasteiger charge is -2.42. The van der Waals surface area contributed by atoms with E-state index in [1.54, 1.807) is 0 Å². The van der Waals surface area contributed by atoms with E-state index in [2.05, 4.69) is 4.90 Å². The number of hydrogen-bond acceptors (Lipinski definition) is 2. The van der Waals surface area contributed by atoms with Crippen LogP contribution in [-0.4, -0.2) is 23.5 Å². The van der Waals surface area contributed by atoms with Gasteiger partial charge in [0.25, 0.3) is 0 Å². The molecule has 1 aromatic carbocycles. The molecule has 4 heteroatoms. The summed E-state index contributed by atoms with van der Waals surface area (Å²) < 4.78 is 27.0. The Balaban J connectivity index is 3.12. The van der Waals surface area contributed by atoms with Crippen molar-refractivity contribution in [1.82, 2.24) is 4.90 Å². The van der Waals surface area contributed by atoms with Gasteiger partial charge >= 0.3 is 0 Å². The van der Waals surface area contributed by atoms with Gasteiger partial charge in [0.1, 0.15) is 11.6 Å². The molecule has 1 aromatic rings. The van der Waals surface area contributed by atoms with Crippen LogP contribution < -0.4 is 5.73 Å². The van der Waals surface area contributed by atoms with Gasteiger partial charge in [-0.3, -0.25) is 4.90 Å². The summed E-state index contributed by atoms with van der Waals surface area (Å²) in [5, 5.41) is 0. The molecular weight excluding hydrogens is 234 g/mol. The molecule has 0 aliphatic carbocycles. The van der Waals surface area contributed by atoms with Crippen molar-refractivity contribution >= 4 is 0 Å². The van der Waals surface area contributed by atoms with Gasteiger partial charge in [0.15, 0.2) is 0 Å². The molecule has 1 atom stereocenters. The first-order chi connectivity index (χ1) is 8.34. The molecule has 0 saturated carbocycles. The Kier molecular flexibility index (Phi) is 4.82. The number of hydrogen-bond donors (Lipinski definition) is 1. The summed E-state index contributed by atoms with van der Waals surface area (Å²) >= 11 is 0. The van der Waals surface area contributed by atoms with E-state index >= 15 is 0 Å². The summed E-state index contributed by atoms with van der Waals surface area (Å²) in [5.41, 5.74) is 5.94. The second kappa shape index (κ2) is 5.76. The van der Waals surface area contributed by atoms with E-state index in [0.29, 0.717) is 0 Å². The molecule has 0 bridgehead atoms. The maximum Gasteiger partial charge on any atom is 0.128 e. The van der Waals surface area contributed by atoms with Gasteiger partial charge in [-0.25, -0.2) is 8.78 Å². The molecule has 0 saturated heterocycles. The van der Waals surface area contributed by atoms with Crippen molar-refractivity contribution in [2.45, 2.75) is 39.3 Å². The summed E-state index contributed by atoms with van der Waals surface area (Å²) in [7, 11) is 0. The van der Waals surface area contributed by atoms with Gasteiger partial charge in [0.2, 0.25) is 0 Å². The van der Waals surface area contributed by atoms with Crippen molar-refractivity contribution in [2.24, 2.45) is 5.73 Å². The van der Waals surface area contributed by atoms with Crippen molar-refractivity contribution in [1.29, 1.82) is 0 Å². The largest absolute Gasteiger partial charge is 0.322 e. The lowest BCUT2D eigenvalue weighted by molar-refractivity contribution is 0.105. The predicted molar refractivity (Wildman–Crippen MR) is 70.3 cm³/mol. The highest BCUT2D eigenvalue weighted by atomic mass is 19.1. The van der Waals surface area contributed by atoms with Crippen LogP contribution in [0.4, 0.5) is 8.78 Å². The Morgan fingerprint density at radius 1 is 1.22 bits per heavy atom. The van der Waals surface area contributed by atoms with Crippen molar-refractivity contribution < 1.29 is 8.78 Å². The fourth-order valence-corrected chi connectivity index (χ4v) is 2.37. The predicted octanol–water partition coefficient (Wildman–Crippen LogP) is 3.09. The Hall–Kier alpha value is -1.00. The van der Waals surface area contributed by atoms with Gasteiger partial charge in [0, 0.05) is 11.1 Å². The van der Waals surface area contributed by atoms with Crippen molar-refractivity contribution in [3.63, 3.8) is 0 Å². The van der Waals surface area contributed by atoms with E-state index in [9.17, 15) is 8.78 Å². The summed E-state index contributed by atoms with van der Waals surface area (Å²) in [6.07, 6.45) is 0. The zero-order valence-electron chi connectivity index (χ0n) is 11.5. The van der Waals surface area contributed by atoms with Gasteiger partial charge in [0.05, 0.1) is 6.04 Å². The summed E-state index contributed by atoms with van der Waals surface area (Å²) in [5.74, 6) is -0.915. The first-order valence-electron chi connectivity index (χ1n) is 6.30. The van der Waals surface area contributed by atoms with E-state index in [1.807, 2.05) is 27.7 Å². The molecule has 0 spiro atoms. The van der Waals surface area contributed by atoms with E-state index < -0.39 is 23.2 Å². The summed E-state index contributed by atoms with van der Waals surface area (Å²) in [4.78, 5) is 2.14. The monoisotopic (exact) mass is 256 g/mol. The van der Waals surface area contributed by atoms with Gasteiger partial charge in [-0.1, -0.05) is 13.8 Å². The van der Waals surface area contributed by atoms with Crippen LogP contribution in [0.2, 0.25) is 0 Å². The minimum atomic E-state index is -0.576. The molecule has 0 aliphatic heterocycles. The minimum Gasteiger partial charge on any atom is -0.322 e. The topological polar surface area (TPSA) is 29.3 Å². The van der Waals surface area contributed by atoms with Crippen LogP contribution in [0.5, 0.6) is 0 Å². The first-order valence-corrected chi connectivity index (χ1v) is 6.30. The van der Waals surface area contributed by atoms with Crippen LogP contribution in [-0.2, 0) is 0 Å². The molecule has 0 aliphatic rings. The Bertz CT molecular complexity index is 401. The van der Waals surface area contributed by atoms with Crippen LogP contribution in [0.15, 0.2) is 18.2 Å². The number of rotatable bonds is 5. The molecule has 18 heavy (non-hydrogen) atoms. The number of likely N-dealkylation sites (N-methyl/N-ethyl adjacent to an activating group) is 1. The Morgan fingerprint density at radius 2 is 1.78 bits per heavy atom. The lowest BCUT2D eigenvalue weighted by atomic mass is 9.87. The molecule has 1 unspecified atom stereocenters. The van der Waals surface area contributed by atoms with Crippen LogP contribution in [0.25, 0.3) is 0 Å². The van der Waals surface area contributed by atoms with Crippen molar-refractivity contribution in [2.75, 3.05) is 13.1 Å². The molecule has 0 amide bonds. The van der Waals surface area contributed by atoms with Gasteiger partial charge in [-0.2, -0.15) is 0 Å². The molecule has 1 rings (SSSR count). The molecule has 0 fully saturated rings. The second-order valence-corrected chi connectivity index (χ2v) is 4.97. The van der Waals surface area contributed by atoms with Crippen LogP contribution in [0, 0.1) is 11.6 Å². The van der Waals surface area contributed by atoms with Crippen LogP contribution in [0.3, 0.4) is 0 Å². The smallest absolute Gasteiger partial charge is 0.128 e. The Morgan fingerprint density at radius 3 is 2.28 bits per heavy atom. The molecule has 2 N–H and O–H groups in total. The third-order valence-electron chi connectivity index (χ3n) is 3.63. The lowest BCUT2D eigenvalue weighted by Crippen LogP contribution is -2.51. The van der Waals surface area contributed by atoms with Crippen LogP contribution >= 0.6 is 0 Å². The summed E-state index contributed by atoms with van der Waals surface area (Å²) in [6.45, 7) is 9.59. The minimum absolute atomic E-state index is 0.229. The average molecular weight is 256 g/mol. The molecule has 0 radical (unpaired) electrons. The van der Waals surface area contributed by atoms with Crippen molar-refractivity contribution in [3.05, 3.63) is 35.4 Å². The van der Waals surface area contributed by atoms with Gasteiger partial charge < -0.3 is 5.73 Å². The molecule has 102 valence electrons. The SMILES string of the molecule is CCN(CC)C(C)(C)C(N)c1cc(F)ccc1F. The first kappa shape index (κ1) is 15.1. The second-order valence-electron chi connectivity index (χ2n) is 4.97. The highest BCUT2D eigenvalue weighted by molar-refractivity contribution is 5.25. The Labute approximate surface area is 108 Å². The quantitative estimate of drug-likeness (QED) is 0.877. The van der Waals surface area contributed by atoms with E-state index in [4.69, 9.17) is 5.73 Å². The number of nitrogens with two attached hydrogens (primary N) is 1. The number of benzene rings is 1. The average Bonchev–Trinajstić information content (AvgIpc) is 2.32. The molecule has 2 nitrogen and oxygen atoms in total. The normalized spacial score (nSPS) is 14.0. The third-order valence-corrected chi connectivity index (χ3v) is 3.63. The molecular formula is C14H22F2N2. The summed E-state index contributed by atoms with van der Waals surface area (Å²) in [6, 6.07) is 2.84. The third kappa shape index (κ3) is 2.87. The fraction of sp³-hybridized carbons (Fsp3) is 0.571. The van der Waals surface area contributed by atoms with E-state index in [1.165, 1.54) is 6.07 Å². The van der Waals surface area contributed by atoms with E-state index in [-0.39, 0.29) is 5.56 Å². The fourth-order valence-electron chi connectivity index (χ4n) is 2.37. The maximum absolute atomic E-state index is 13.8. The van der Waals surface area contributed by atoms with Crippen LogP contribution in [0.1, 0.15) is 39.3 Å². The number of halogens is 2. The maximum atomic E-state index is 13.8. The highest BCUT2D eigenvalue weighted by Gasteiger charge is 2.34.